The van der Waals surface area contributed by atoms with E-state index in [2.05, 4.69) is 14.7 Å². The predicted octanol–water partition coefficient (Wildman–Crippen LogP) is 1.87. The molecule has 7 heteroatoms. The molecule has 0 spiro atoms. The van der Waals surface area contributed by atoms with E-state index < -0.39 is 12.1 Å². The van der Waals surface area contributed by atoms with Crippen molar-refractivity contribution in [3.8, 4) is 0 Å². The van der Waals surface area contributed by atoms with Crippen LogP contribution in [0.3, 0.4) is 0 Å². The molecule has 0 atom stereocenters. The van der Waals surface area contributed by atoms with Crippen molar-refractivity contribution in [1.29, 1.82) is 0 Å². The highest BCUT2D eigenvalue weighted by Crippen LogP contribution is 2.27. The van der Waals surface area contributed by atoms with Crippen LogP contribution >= 0.6 is 11.6 Å². The molecule has 0 amide bonds. The smallest absolute Gasteiger partial charge is 0.329 e. The molecule has 0 fully saturated rings. The van der Waals surface area contributed by atoms with Crippen LogP contribution in [0.25, 0.3) is 0 Å². The quantitative estimate of drug-likeness (QED) is 0.684. The molecule has 0 bridgehead atoms. The van der Waals surface area contributed by atoms with Gasteiger partial charge in [-0.15, -0.1) is 11.6 Å². The second kappa shape index (κ2) is 3.30. The van der Waals surface area contributed by atoms with Crippen molar-refractivity contribution in [3.63, 3.8) is 0 Å². The monoisotopic (exact) mass is 200 g/mol. The van der Waals surface area contributed by atoms with Crippen LogP contribution in [0.15, 0.2) is 4.52 Å². The topological polar surface area (TPSA) is 38.9 Å². The van der Waals surface area contributed by atoms with Crippen LogP contribution in [0, 0.1) is 0 Å². The van der Waals surface area contributed by atoms with Crippen molar-refractivity contribution in [2.45, 2.75) is 12.6 Å². The van der Waals surface area contributed by atoms with E-state index in [-0.39, 0.29) is 18.1 Å². The minimum atomic E-state index is -4.57. The highest BCUT2D eigenvalue weighted by molar-refractivity contribution is 6.17. The molecule has 0 aliphatic carbocycles. The minimum absolute atomic E-state index is 0.0303. The Balaban J connectivity index is 2.77. The maximum Gasteiger partial charge on any atom is 0.471 e. The SMILES string of the molecule is FC(F)(F)c1nc(CCCl)no1. The van der Waals surface area contributed by atoms with Crippen LogP contribution in [0.4, 0.5) is 13.2 Å². The number of rotatable bonds is 2. The zero-order valence-corrected chi connectivity index (χ0v) is 6.48. The van der Waals surface area contributed by atoms with Gasteiger partial charge in [0.25, 0.3) is 0 Å². The largest absolute Gasteiger partial charge is 0.471 e. The first-order valence-electron chi connectivity index (χ1n) is 3.00. The lowest BCUT2D eigenvalue weighted by molar-refractivity contribution is -0.159. The Kier molecular flexibility index (Phi) is 2.56. The standard InChI is InChI=1S/C5H4ClF3N2O/c6-2-1-3-10-4(12-11-3)5(7,8)9/h1-2H2. The van der Waals surface area contributed by atoms with Gasteiger partial charge in [0.2, 0.25) is 0 Å². The molecule has 0 aliphatic rings. The lowest BCUT2D eigenvalue weighted by Gasteiger charge is -1.95. The Morgan fingerprint density at radius 2 is 2.08 bits per heavy atom. The number of alkyl halides is 4. The van der Waals surface area contributed by atoms with Crippen LogP contribution < -0.4 is 0 Å². The highest BCUT2D eigenvalue weighted by Gasteiger charge is 2.38. The van der Waals surface area contributed by atoms with E-state index in [9.17, 15) is 13.2 Å². The number of halogens is 4. The van der Waals surface area contributed by atoms with Gasteiger partial charge < -0.3 is 4.52 Å². The summed E-state index contributed by atoms with van der Waals surface area (Å²) in [5.74, 6) is -1.20. The lowest BCUT2D eigenvalue weighted by Crippen LogP contribution is -2.05. The van der Waals surface area contributed by atoms with Crippen LogP contribution in [-0.4, -0.2) is 16.0 Å². The van der Waals surface area contributed by atoms with Gasteiger partial charge in [0, 0.05) is 12.3 Å². The number of aryl methyl sites for hydroxylation is 1. The van der Waals surface area contributed by atoms with Crippen molar-refractivity contribution in [2.75, 3.05) is 5.88 Å². The Bertz CT molecular complexity index is 259. The van der Waals surface area contributed by atoms with Crippen molar-refractivity contribution < 1.29 is 17.7 Å². The van der Waals surface area contributed by atoms with Crippen LogP contribution in [0.1, 0.15) is 11.7 Å². The minimum Gasteiger partial charge on any atom is -0.329 e. The number of nitrogens with zero attached hydrogens (tertiary/aromatic N) is 2. The van der Waals surface area contributed by atoms with E-state index in [0.717, 1.165) is 0 Å². The summed E-state index contributed by atoms with van der Waals surface area (Å²) >= 11 is 5.26. The van der Waals surface area contributed by atoms with Gasteiger partial charge in [0.05, 0.1) is 0 Å². The van der Waals surface area contributed by atoms with Crippen molar-refractivity contribution >= 4 is 11.6 Å². The first-order chi connectivity index (χ1) is 5.54. The third-order valence-corrected chi connectivity index (χ3v) is 1.22. The average molecular weight is 201 g/mol. The van der Waals surface area contributed by atoms with E-state index in [0.29, 0.717) is 0 Å². The van der Waals surface area contributed by atoms with Crippen molar-refractivity contribution in [2.24, 2.45) is 0 Å². The normalized spacial score (nSPS) is 12.0. The number of aromatic nitrogens is 2. The van der Waals surface area contributed by atoms with E-state index in [1.807, 2.05) is 0 Å². The zero-order chi connectivity index (χ0) is 9.19. The Labute approximate surface area is 70.5 Å². The summed E-state index contributed by atoms with van der Waals surface area (Å²) in [6, 6.07) is 0. The summed E-state index contributed by atoms with van der Waals surface area (Å²) in [5, 5.41) is 3.08. The second-order valence-electron chi connectivity index (χ2n) is 1.95. The Hall–Kier alpha value is -0.780. The molecule has 12 heavy (non-hydrogen) atoms. The summed E-state index contributed by atoms with van der Waals surface area (Å²) in [4.78, 5) is 3.08. The maximum absolute atomic E-state index is 11.8. The fourth-order valence-electron chi connectivity index (χ4n) is 0.555. The first kappa shape index (κ1) is 9.31. The van der Waals surface area contributed by atoms with Crippen LogP contribution in [-0.2, 0) is 12.6 Å². The second-order valence-corrected chi connectivity index (χ2v) is 2.33. The fourth-order valence-corrected chi connectivity index (χ4v) is 0.724. The van der Waals surface area contributed by atoms with E-state index in [1.165, 1.54) is 0 Å². The molecule has 0 radical (unpaired) electrons. The third-order valence-electron chi connectivity index (χ3n) is 1.03. The average Bonchev–Trinajstić information content (AvgIpc) is 2.35. The van der Waals surface area contributed by atoms with E-state index >= 15 is 0 Å². The van der Waals surface area contributed by atoms with E-state index in [1.54, 1.807) is 0 Å². The summed E-state index contributed by atoms with van der Waals surface area (Å²) in [5.41, 5.74) is 0. The van der Waals surface area contributed by atoms with Crippen molar-refractivity contribution in [1.82, 2.24) is 10.1 Å². The van der Waals surface area contributed by atoms with Gasteiger partial charge in [-0.05, 0) is 0 Å². The van der Waals surface area contributed by atoms with Gasteiger partial charge in [-0.25, -0.2) is 0 Å². The summed E-state index contributed by atoms with van der Waals surface area (Å²) < 4.78 is 39.4. The first-order valence-corrected chi connectivity index (χ1v) is 3.53. The molecule has 0 saturated carbocycles. The number of hydrogen-bond donors (Lipinski definition) is 0. The molecule has 0 saturated heterocycles. The van der Waals surface area contributed by atoms with Gasteiger partial charge >= 0.3 is 12.1 Å². The molecule has 3 nitrogen and oxygen atoms in total. The fraction of sp³-hybridized carbons (Fsp3) is 0.600. The molecule has 1 rings (SSSR count). The Morgan fingerprint density at radius 1 is 1.42 bits per heavy atom. The molecular formula is C5H4ClF3N2O. The van der Waals surface area contributed by atoms with Crippen molar-refractivity contribution in [3.05, 3.63) is 11.7 Å². The Morgan fingerprint density at radius 3 is 2.50 bits per heavy atom. The number of hydrogen-bond acceptors (Lipinski definition) is 3. The third kappa shape index (κ3) is 2.10. The molecule has 68 valence electrons. The zero-order valence-electron chi connectivity index (χ0n) is 5.73. The van der Waals surface area contributed by atoms with Gasteiger partial charge in [0.1, 0.15) is 0 Å². The van der Waals surface area contributed by atoms with Gasteiger partial charge in [-0.3, -0.25) is 0 Å². The summed E-state index contributed by atoms with van der Waals surface area (Å²) in [7, 11) is 0. The molecule has 0 aliphatic heterocycles. The molecular weight excluding hydrogens is 197 g/mol. The lowest BCUT2D eigenvalue weighted by atomic mass is 10.5. The van der Waals surface area contributed by atoms with Gasteiger partial charge in [-0.1, -0.05) is 5.16 Å². The predicted molar refractivity (Wildman–Crippen MR) is 33.7 cm³/mol. The highest BCUT2D eigenvalue weighted by atomic mass is 35.5. The molecule has 0 aromatic carbocycles. The molecule has 0 unspecified atom stereocenters. The van der Waals surface area contributed by atoms with Crippen LogP contribution in [0.2, 0.25) is 0 Å². The maximum atomic E-state index is 11.8. The van der Waals surface area contributed by atoms with Gasteiger partial charge in [-0.2, -0.15) is 18.2 Å². The van der Waals surface area contributed by atoms with Gasteiger partial charge in [0.15, 0.2) is 5.82 Å². The summed E-state index contributed by atoms with van der Waals surface area (Å²) in [6.45, 7) is 0. The molecule has 1 aromatic heterocycles. The van der Waals surface area contributed by atoms with Crippen LogP contribution in [0.5, 0.6) is 0 Å². The summed E-state index contributed by atoms with van der Waals surface area (Å²) in [6.07, 6.45) is -4.40. The molecule has 1 heterocycles. The molecule has 1 aromatic rings. The molecule has 0 N–H and O–H groups in total. The van der Waals surface area contributed by atoms with E-state index in [4.69, 9.17) is 11.6 Å².